The van der Waals surface area contributed by atoms with Crippen LogP contribution in [0.1, 0.15) is 33.6 Å². The van der Waals surface area contributed by atoms with Crippen molar-refractivity contribution in [3.05, 3.63) is 62.7 Å². The molecule has 0 bridgehead atoms. The number of ketones is 1. The van der Waals surface area contributed by atoms with Gasteiger partial charge in [-0.25, -0.2) is 0 Å². The van der Waals surface area contributed by atoms with Crippen LogP contribution in [0.25, 0.3) is 0 Å². The molecule has 0 N–H and O–H groups in total. The highest BCUT2D eigenvalue weighted by atomic mass is 35.5. The van der Waals surface area contributed by atoms with Crippen molar-refractivity contribution >= 4 is 29.0 Å². The molecular weight excluding hydrogens is 400 g/mol. The Hall–Kier alpha value is -3.13. The summed E-state index contributed by atoms with van der Waals surface area (Å²) >= 11 is 5.82. The summed E-state index contributed by atoms with van der Waals surface area (Å²) in [5.74, 6) is 0.613. The van der Waals surface area contributed by atoms with Crippen molar-refractivity contribution in [3.63, 3.8) is 0 Å². The van der Waals surface area contributed by atoms with Crippen LogP contribution in [0, 0.1) is 10.1 Å². The largest absolute Gasteiger partial charge is 0.497 e. The summed E-state index contributed by atoms with van der Waals surface area (Å²) in [5, 5.41) is 11.1. The summed E-state index contributed by atoms with van der Waals surface area (Å²) in [6, 6.07) is 9.02. The van der Waals surface area contributed by atoms with E-state index in [0.717, 1.165) is 0 Å². The lowest BCUT2D eigenvalue weighted by Crippen LogP contribution is -2.45. The van der Waals surface area contributed by atoms with Gasteiger partial charge in [-0.3, -0.25) is 19.7 Å². The Balaban J connectivity index is 1.56. The fourth-order valence-corrected chi connectivity index (χ4v) is 4.00. The van der Waals surface area contributed by atoms with E-state index < -0.39 is 10.5 Å². The molecule has 1 unspecified atom stereocenters. The number of nitro benzene ring substituents is 1. The molecule has 150 valence electrons. The third-order valence-corrected chi connectivity index (χ3v) is 5.61. The van der Waals surface area contributed by atoms with Crippen molar-refractivity contribution < 1.29 is 24.0 Å². The number of nitro groups is 1. The normalized spacial score (nSPS) is 20.3. The Kier molecular flexibility index (Phi) is 4.66. The molecule has 0 aliphatic carbocycles. The second kappa shape index (κ2) is 7.04. The van der Waals surface area contributed by atoms with E-state index in [1.165, 1.54) is 25.3 Å². The van der Waals surface area contributed by atoms with E-state index in [1.54, 1.807) is 23.1 Å². The van der Waals surface area contributed by atoms with Crippen LogP contribution in [0.3, 0.4) is 0 Å². The zero-order valence-electron chi connectivity index (χ0n) is 15.5. The highest BCUT2D eigenvalue weighted by Crippen LogP contribution is 2.40. The molecule has 2 aliphatic rings. The van der Waals surface area contributed by atoms with E-state index in [9.17, 15) is 19.7 Å². The van der Waals surface area contributed by atoms with Gasteiger partial charge in [-0.05, 0) is 30.3 Å². The minimum absolute atomic E-state index is 0.0299. The summed E-state index contributed by atoms with van der Waals surface area (Å²) in [4.78, 5) is 37.6. The van der Waals surface area contributed by atoms with Gasteiger partial charge >= 0.3 is 0 Å². The zero-order valence-corrected chi connectivity index (χ0v) is 16.3. The SMILES string of the molecule is COc1ccc2c(c1)C(=O)CC1(CCN(C(=O)c3ccc(Cl)c([N+](=O)[O-])c3)C1)O2. The molecule has 0 aromatic heterocycles. The Labute approximate surface area is 171 Å². The maximum atomic E-state index is 12.9. The molecule has 1 spiro atoms. The van der Waals surface area contributed by atoms with Gasteiger partial charge in [-0.15, -0.1) is 0 Å². The minimum Gasteiger partial charge on any atom is -0.497 e. The van der Waals surface area contributed by atoms with E-state index in [-0.39, 0.29) is 40.9 Å². The number of ether oxygens (including phenoxy) is 2. The number of methoxy groups -OCH3 is 1. The van der Waals surface area contributed by atoms with E-state index >= 15 is 0 Å². The lowest BCUT2D eigenvalue weighted by molar-refractivity contribution is -0.384. The average Bonchev–Trinajstić information content (AvgIpc) is 3.10. The molecule has 2 heterocycles. The number of carbonyl (C=O) groups excluding carboxylic acids is 2. The first-order valence-electron chi connectivity index (χ1n) is 8.95. The first-order valence-corrected chi connectivity index (χ1v) is 9.33. The third-order valence-electron chi connectivity index (χ3n) is 5.29. The number of nitrogens with zero attached hydrogens (tertiary/aromatic N) is 2. The molecule has 1 amide bonds. The molecule has 0 saturated carbocycles. The fourth-order valence-electron chi connectivity index (χ4n) is 3.81. The number of fused-ring (bicyclic) bond motifs is 1. The Morgan fingerprint density at radius 1 is 1.31 bits per heavy atom. The smallest absolute Gasteiger partial charge is 0.288 e. The van der Waals surface area contributed by atoms with Gasteiger partial charge < -0.3 is 14.4 Å². The van der Waals surface area contributed by atoms with Crippen LogP contribution in [0.4, 0.5) is 5.69 Å². The highest BCUT2D eigenvalue weighted by molar-refractivity contribution is 6.32. The van der Waals surface area contributed by atoms with Crippen molar-refractivity contribution in [2.24, 2.45) is 0 Å². The molecule has 29 heavy (non-hydrogen) atoms. The summed E-state index contributed by atoms with van der Waals surface area (Å²) in [7, 11) is 1.53. The van der Waals surface area contributed by atoms with Crippen LogP contribution in [-0.2, 0) is 0 Å². The van der Waals surface area contributed by atoms with E-state index in [1.807, 2.05) is 0 Å². The third kappa shape index (κ3) is 3.40. The molecule has 1 fully saturated rings. The van der Waals surface area contributed by atoms with Gasteiger partial charge in [0.15, 0.2) is 5.78 Å². The van der Waals surface area contributed by atoms with Gasteiger partial charge in [-0.1, -0.05) is 11.6 Å². The maximum Gasteiger partial charge on any atom is 0.288 e. The minimum atomic E-state index is -0.799. The number of Topliss-reactive ketones (excluding diaryl/α,β-unsaturated/α-hetero) is 1. The number of rotatable bonds is 3. The Bertz CT molecular complexity index is 1040. The predicted octanol–water partition coefficient (Wildman–Crippen LogP) is 3.51. The molecule has 2 aliphatic heterocycles. The second-order valence-corrected chi connectivity index (χ2v) is 7.55. The quantitative estimate of drug-likeness (QED) is 0.560. The molecule has 8 nitrogen and oxygen atoms in total. The van der Waals surface area contributed by atoms with Gasteiger partial charge in [0.25, 0.3) is 11.6 Å². The molecular formula is C20H17ClN2O6. The number of carbonyl (C=O) groups is 2. The van der Waals surface area contributed by atoms with Gasteiger partial charge in [0.2, 0.25) is 0 Å². The van der Waals surface area contributed by atoms with Crippen LogP contribution >= 0.6 is 11.6 Å². The van der Waals surface area contributed by atoms with Crippen LogP contribution in [0.15, 0.2) is 36.4 Å². The van der Waals surface area contributed by atoms with Crippen molar-refractivity contribution in [1.82, 2.24) is 4.90 Å². The zero-order chi connectivity index (χ0) is 20.8. The lowest BCUT2D eigenvalue weighted by atomic mass is 9.89. The molecule has 1 atom stereocenters. The molecule has 2 aromatic rings. The summed E-state index contributed by atoms with van der Waals surface area (Å²) < 4.78 is 11.3. The second-order valence-electron chi connectivity index (χ2n) is 7.15. The summed E-state index contributed by atoms with van der Waals surface area (Å²) in [5.41, 5.74) is -0.482. The number of hydrogen-bond donors (Lipinski definition) is 0. The molecule has 9 heteroatoms. The van der Waals surface area contributed by atoms with Gasteiger partial charge in [-0.2, -0.15) is 0 Å². The standard InChI is InChI=1S/C20H17ClN2O6/c1-28-13-3-5-18-14(9-13)17(24)10-20(29-18)6-7-22(11-20)19(25)12-2-4-15(21)16(8-12)23(26)27/h2-5,8-9H,6-7,10-11H2,1H3. The van der Waals surface area contributed by atoms with Gasteiger partial charge in [0.1, 0.15) is 22.1 Å². The molecule has 0 radical (unpaired) electrons. The first-order chi connectivity index (χ1) is 13.8. The first kappa shape index (κ1) is 19.2. The van der Waals surface area contributed by atoms with Gasteiger partial charge in [0.05, 0.1) is 30.6 Å². The Morgan fingerprint density at radius 3 is 2.83 bits per heavy atom. The fraction of sp³-hybridized carbons (Fsp3) is 0.300. The molecule has 2 aromatic carbocycles. The van der Waals surface area contributed by atoms with Crippen molar-refractivity contribution in [3.8, 4) is 11.5 Å². The summed E-state index contributed by atoms with van der Waals surface area (Å²) in [6.45, 7) is 0.605. The lowest BCUT2D eigenvalue weighted by Gasteiger charge is -2.34. The van der Waals surface area contributed by atoms with Crippen LogP contribution in [0.5, 0.6) is 11.5 Å². The van der Waals surface area contributed by atoms with Crippen molar-refractivity contribution in [2.45, 2.75) is 18.4 Å². The van der Waals surface area contributed by atoms with E-state index in [2.05, 4.69) is 0 Å². The number of hydrogen-bond acceptors (Lipinski definition) is 6. The van der Waals surface area contributed by atoms with Gasteiger partial charge in [0, 0.05) is 24.6 Å². The van der Waals surface area contributed by atoms with Crippen molar-refractivity contribution in [2.75, 3.05) is 20.2 Å². The number of likely N-dealkylation sites (tertiary alicyclic amines) is 1. The van der Waals surface area contributed by atoms with Crippen LogP contribution in [-0.4, -0.2) is 47.3 Å². The highest BCUT2D eigenvalue weighted by Gasteiger charge is 2.47. The van der Waals surface area contributed by atoms with E-state index in [4.69, 9.17) is 21.1 Å². The Morgan fingerprint density at radius 2 is 2.10 bits per heavy atom. The summed E-state index contributed by atoms with van der Waals surface area (Å²) in [6.07, 6.45) is 0.642. The van der Waals surface area contributed by atoms with E-state index in [0.29, 0.717) is 30.0 Å². The van der Waals surface area contributed by atoms with Crippen LogP contribution < -0.4 is 9.47 Å². The van der Waals surface area contributed by atoms with Crippen LogP contribution in [0.2, 0.25) is 5.02 Å². The van der Waals surface area contributed by atoms with Crippen molar-refractivity contribution in [1.29, 1.82) is 0 Å². The topological polar surface area (TPSA) is 99.0 Å². The number of halogens is 1. The predicted molar refractivity (Wildman–Crippen MR) is 104 cm³/mol. The number of amides is 1. The maximum absolute atomic E-state index is 12.9. The molecule has 1 saturated heterocycles. The number of benzene rings is 2. The molecule has 4 rings (SSSR count). The average molecular weight is 417 g/mol. The monoisotopic (exact) mass is 416 g/mol.